The Bertz CT molecular complexity index is 838. The van der Waals surface area contributed by atoms with Crippen molar-refractivity contribution in [3.05, 3.63) is 77.6 Å². The van der Waals surface area contributed by atoms with E-state index < -0.39 is 5.91 Å². The summed E-state index contributed by atoms with van der Waals surface area (Å²) >= 11 is 0. The minimum Gasteiger partial charge on any atom is -0.484 e. The molecule has 2 aromatic carbocycles. The van der Waals surface area contributed by atoms with Crippen LogP contribution in [0.3, 0.4) is 0 Å². The largest absolute Gasteiger partial charge is 0.484 e. The summed E-state index contributed by atoms with van der Waals surface area (Å²) in [6.45, 7) is -0.227. The van der Waals surface area contributed by atoms with E-state index in [1.165, 1.54) is 0 Å². The van der Waals surface area contributed by atoms with E-state index in [1.54, 1.807) is 30.4 Å². The summed E-state index contributed by atoms with van der Waals surface area (Å²) in [5.41, 5.74) is 6.52. The van der Waals surface area contributed by atoms with Gasteiger partial charge in [0.2, 0.25) is 5.78 Å². The molecule has 120 valence electrons. The molecular formula is C19H15NO4. The lowest BCUT2D eigenvalue weighted by Gasteiger charge is -2.04. The van der Waals surface area contributed by atoms with Crippen molar-refractivity contribution >= 4 is 17.8 Å². The van der Waals surface area contributed by atoms with Crippen molar-refractivity contribution in [1.82, 2.24) is 0 Å². The first-order valence-corrected chi connectivity index (χ1v) is 7.34. The first-order chi connectivity index (χ1) is 11.6. The minimum atomic E-state index is -0.570. The van der Waals surface area contributed by atoms with Crippen molar-refractivity contribution < 1.29 is 19.1 Å². The lowest BCUT2D eigenvalue weighted by Crippen LogP contribution is -2.19. The van der Waals surface area contributed by atoms with Crippen LogP contribution in [0.15, 0.2) is 66.4 Å². The third kappa shape index (κ3) is 3.52. The molecule has 2 N–H and O–H groups in total. The van der Waals surface area contributed by atoms with Crippen molar-refractivity contribution in [2.24, 2.45) is 5.73 Å². The molecule has 5 heteroatoms. The Hall–Kier alpha value is -3.34. The van der Waals surface area contributed by atoms with Crippen LogP contribution in [0, 0.1) is 0 Å². The molecule has 0 unspecified atom stereocenters. The molecule has 1 heterocycles. The van der Waals surface area contributed by atoms with Crippen LogP contribution in [0.4, 0.5) is 0 Å². The maximum Gasteiger partial charge on any atom is 0.255 e. The van der Waals surface area contributed by atoms with E-state index in [0.717, 1.165) is 5.56 Å². The average Bonchev–Trinajstić information content (AvgIpc) is 2.90. The zero-order valence-corrected chi connectivity index (χ0v) is 12.8. The minimum absolute atomic E-state index is 0.191. The quantitative estimate of drug-likeness (QED) is 0.859. The number of Topliss-reactive ketones (excluding diaryl/α,β-unsaturated/α-hetero) is 1. The Morgan fingerprint density at radius 1 is 1.17 bits per heavy atom. The summed E-state index contributed by atoms with van der Waals surface area (Å²) in [5.74, 6) is 0.301. The van der Waals surface area contributed by atoms with Crippen LogP contribution >= 0.6 is 0 Å². The highest BCUT2D eigenvalue weighted by Crippen LogP contribution is 2.34. The Kier molecular flexibility index (Phi) is 4.43. The van der Waals surface area contributed by atoms with Gasteiger partial charge in [0.25, 0.3) is 5.91 Å². The number of fused-ring (bicyclic) bond motifs is 1. The fraction of sp³-hybridized carbons (Fsp3) is 0.0526. The number of rotatable bonds is 5. The number of carbonyl (C=O) groups excluding carboxylic acids is 2. The second kappa shape index (κ2) is 6.83. The molecule has 0 fully saturated rings. The number of amides is 1. The topological polar surface area (TPSA) is 78.6 Å². The van der Waals surface area contributed by atoms with Gasteiger partial charge in [0.15, 0.2) is 12.4 Å². The van der Waals surface area contributed by atoms with Crippen molar-refractivity contribution in [1.29, 1.82) is 0 Å². The number of hydrogen-bond acceptors (Lipinski definition) is 4. The third-order valence-corrected chi connectivity index (χ3v) is 3.36. The molecule has 1 aliphatic rings. The van der Waals surface area contributed by atoms with Gasteiger partial charge >= 0.3 is 0 Å². The maximum atomic E-state index is 12.3. The SMILES string of the molecule is NC(=O)COc1ccc2c(c1)O/C(=C\C=C\c1ccccc1)C2=O. The smallest absolute Gasteiger partial charge is 0.255 e. The highest BCUT2D eigenvalue weighted by atomic mass is 16.5. The van der Waals surface area contributed by atoms with Gasteiger partial charge in [0.05, 0.1) is 5.56 Å². The van der Waals surface area contributed by atoms with Gasteiger partial charge in [-0.25, -0.2) is 0 Å². The van der Waals surface area contributed by atoms with Crippen LogP contribution in [0.1, 0.15) is 15.9 Å². The van der Waals surface area contributed by atoms with Gasteiger partial charge in [-0.15, -0.1) is 0 Å². The number of ether oxygens (including phenoxy) is 2. The molecule has 0 saturated heterocycles. The number of carbonyl (C=O) groups is 2. The standard InChI is InChI=1S/C19H15NO4/c20-18(21)12-23-14-9-10-15-17(11-14)24-16(19(15)22)8-4-7-13-5-2-1-3-6-13/h1-11H,12H2,(H2,20,21)/b7-4+,16-8-. The molecule has 1 aliphatic heterocycles. The molecule has 0 aliphatic carbocycles. The molecular weight excluding hydrogens is 306 g/mol. The summed E-state index contributed by atoms with van der Waals surface area (Å²) in [4.78, 5) is 23.0. The molecule has 0 aromatic heterocycles. The Morgan fingerprint density at radius 2 is 1.96 bits per heavy atom. The van der Waals surface area contributed by atoms with Gasteiger partial charge in [-0.05, 0) is 23.8 Å². The van der Waals surface area contributed by atoms with E-state index in [-0.39, 0.29) is 18.1 Å². The molecule has 24 heavy (non-hydrogen) atoms. The van der Waals surface area contributed by atoms with E-state index in [1.807, 2.05) is 36.4 Å². The average molecular weight is 321 g/mol. The van der Waals surface area contributed by atoms with Gasteiger partial charge in [0.1, 0.15) is 11.5 Å². The Balaban J connectivity index is 1.74. The first-order valence-electron chi connectivity index (χ1n) is 7.34. The Morgan fingerprint density at radius 3 is 2.71 bits per heavy atom. The summed E-state index contributed by atoms with van der Waals surface area (Å²) in [7, 11) is 0. The number of primary amides is 1. The number of benzene rings is 2. The van der Waals surface area contributed by atoms with Crippen LogP contribution in [0.5, 0.6) is 11.5 Å². The van der Waals surface area contributed by atoms with E-state index in [4.69, 9.17) is 15.2 Å². The van der Waals surface area contributed by atoms with Gasteiger partial charge in [-0.3, -0.25) is 9.59 Å². The molecule has 0 bridgehead atoms. The monoisotopic (exact) mass is 321 g/mol. The van der Waals surface area contributed by atoms with Crippen LogP contribution in [-0.4, -0.2) is 18.3 Å². The number of allylic oxidation sites excluding steroid dienone is 3. The highest BCUT2D eigenvalue weighted by molar-refractivity contribution is 6.12. The second-order valence-corrected chi connectivity index (χ2v) is 5.14. The lowest BCUT2D eigenvalue weighted by atomic mass is 10.1. The first kappa shape index (κ1) is 15.6. The molecule has 1 amide bonds. The van der Waals surface area contributed by atoms with E-state index in [2.05, 4.69) is 0 Å². The van der Waals surface area contributed by atoms with Crippen LogP contribution in [0.25, 0.3) is 6.08 Å². The number of nitrogens with two attached hydrogens (primary N) is 1. The van der Waals surface area contributed by atoms with Crippen molar-refractivity contribution in [2.75, 3.05) is 6.61 Å². The summed E-state index contributed by atoms with van der Waals surface area (Å²) in [5, 5.41) is 0. The molecule has 0 atom stereocenters. The van der Waals surface area contributed by atoms with Gasteiger partial charge < -0.3 is 15.2 Å². The molecule has 2 aromatic rings. The summed E-state index contributed by atoms with van der Waals surface area (Å²) < 4.78 is 10.8. The van der Waals surface area contributed by atoms with Gasteiger partial charge in [0, 0.05) is 6.07 Å². The molecule has 0 saturated carbocycles. The summed E-state index contributed by atoms with van der Waals surface area (Å²) in [6, 6.07) is 14.5. The fourth-order valence-corrected chi connectivity index (χ4v) is 2.24. The van der Waals surface area contributed by atoms with Crippen LogP contribution in [0.2, 0.25) is 0 Å². The zero-order chi connectivity index (χ0) is 16.9. The molecule has 3 rings (SSSR count). The van der Waals surface area contributed by atoms with E-state index >= 15 is 0 Å². The Labute approximate surface area is 139 Å². The normalized spacial score (nSPS) is 14.7. The number of hydrogen-bond donors (Lipinski definition) is 1. The van der Waals surface area contributed by atoms with Crippen molar-refractivity contribution in [2.45, 2.75) is 0 Å². The molecule has 5 nitrogen and oxygen atoms in total. The van der Waals surface area contributed by atoms with Gasteiger partial charge in [-0.1, -0.05) is 42.5 Å². The molecule has 0 radical (unpaired) electrons. The predicted octanol–water partition coefficient (Wildman–Crippen LogP) is 2.72. The molecule has 0 spiro atoms. The predicted molar refractivity (Wildman–Crippen MR) is 89.6 cm³/mol. The van der Waals surface area contributed by atoms with Crippen LogP contribution in [-0.2, 0) is 4.79 Å². The van der Waals surface area contributed by atoms with E-state index in [0.29, 0.717) is 17.1 Å². The second-order valence-electron chi connectivity index (χ2n) is 5.14. The highest BCUT2D eigenvalue weighted by Gasteiger charge is 2.27. The summed E-state index contributed by atoms with van der Waals surface area (Å²) in [6.07, 6.45) is 5.27. The van der Waals surface area contributed by atoms with Crippen molar-refractivity contribution in [3.8, 4) is 11.5 Å². The lowest BCUT2D eigenvalue weighted by molar-refractivity contribution is -0.119. The maximum absolute atomic E-state index is 12.3. The van der Waals surface area contributed by atoms with Gasteiger partial charge in [-0.2, -0.15) is 0 Å². The zero-order valence-electron chi connectivity index (χ0n) is 12.8. The van der Waals surface area contributed by atoms with Crippen molar-refractivity contribution in [3.63, 3.8) is 0 Å². The third-order valence-electron chi connectivity index (χ3n) is 3.36. The fourth-order valence-electron chi connectivity index (χ4n) is 2.24. The number of ketones is 1. The van der Waals surface area contributed by atoms with Crippen LogP contribution < -0.4 is 15.2 Å². The van der Waals surface area contributed by atoms with E-state index in [9.17, 15) is 9.59 Å².